The van der Waals surface area contributed by atoms with Crippen LogP contribution in [0.1, 0.15) is 21.1 Å². The zero-order valence-corrected chi connectivity index (χ0v) is 18.3. The summed E-state index contributed by atoms with van der Waals surface area (Å²) < 4.78 is 52.9. The SMILES string of the molecule is Cc1nc(C(=O)Nc2ccc(C)c(S(=O)(=O)Nc3ccc(SC(F)F)cc3)c2)cs1. The lowest BCUT2D eigenvalue weighted by molar-refractivity contribution is 0.102. The van der Waals surface area contributed by atoms with E-state index in [9.17, 15) is 22.0 Å². The van der Waals surface area contributed by atoms with Crippen LogP contribution in [0.5, 0.6) is 0 Å². The molecule has 30 heavy (non-hydrogen) atoms. The minimum absolute atomic E-state index is 0.0132. The van der Waals surface area contributed by atoms with Crippen molar-refractivity contribution in [3.63, 3.8) is 0 Å². The molecule has 3 aromatic rings. The van der Waals surface area contributed by atoms with Crippen molar-refractivity contribution in [3.8, 4) is 0 Å². The average Bonchev–Trinajstić information content (AvgIpc) is 3.11. The van der Waals surface area contributed by atoms with Crippen LogP contribution in [0, 0.1) is 13.8 Å². The van der Waals surface area contributed by atoms with Crippen molar-refractivity contribution < 1.29 is 22.0 Å². The van der Waals surface area contributed by atoms with Gasteiger partial charge in [-0.25, -0.2) is 13.4 Å². The van der Waals surface area contributed by atoms with E-state index in [0.29, 0.717) is 27.9 Å². The van der Waals surface area contributed by atoms with Crippen molar-refractivity contribution in [2.24, 2.45) is 0 Å². The Morgan fingerprint density at radius 2 is 1.77 bits per heavy atom. The van der Waals surface area contributed by atoms with E-state index in [1.165, 1.54) is 41.7 Å². The number of carbonyl (C=O) groups excluding carboxylic acids is 1. The lowest BCUT2D eigenvalue weighted by atomic mass is 10.2. The number of hydrogen-bond donors (Lipinski definition) is 2. The number of hydrogen-bond acceptors (Lipinski definition) is 6. The Kier molecular flexibility index (Phi) is 6.74. The molecule has 0 fully saturated rings. The first-order chi connectivity index (χ1) is 14.1. The van der Waals surface area contributed by atoms with Gasteiger partial charge >= 0.3 is 0 Å². The number of alkyl halides is 2. The van der Waals surface area contributed by atoms with Crippen LogP contribution in [0.4, 0.5) is 20.2 Å². The molecule has 0 bridgehead atoms. The summed E-state index contributed by atoms with van der Waals surface area (Å²) in [5.74, 6) is -2.99. The molecule has 1 aromatic heterocycles. The Bertz CT molecular complexity index is 1160. The molecule has 2 aromatic carbocycles. The highest BCUT2D eigenvalue weighted by molar-refractivity contribution is 7.99. The van der Waals surface area contributed by atoms with Gasteiger partial charge < -0.3 is 5.32 Å². The van der Waals surface area contributed by atoms with Crippen molar-refractivity contribution >= 4 is 50.4 Å². The van der Waals surface area contributed by atoms with Gasteiger partial charge in [-0.15, -0.1) is 11.3 Å². The van der Waals surface area contributed by atoms with E-state index >= 15 is 0 Å². The number of rotatable bonds is 7. The van der Waals surface area contributed by atoms with Crippen LogP contribution in [0.2, 0.25) is 0 Å². The van der Waals surface area contributed by atoms with E-state index in [1.54, 1.807) is 31.4 Å². The number of thioether (sulfide) groups is 1. The molecule has 6 nitrogen and oxygen atoms in total. The van der Waals surface area contributed by atoms with E-state index in [1.807, 2.05) is 0 Å². The minimum Gasteiger partial charge on any atom is -0.321 e. The maximum atomic E-state index is 12.8. The summed E-state index contributed by atoms with van der Waals surface area (Å²) in [5.41, 5.74) is 1.28. The molecule has 1 amide bonds. The van der Waals surface area contributed by atoms with Gasteiger partial charge in [-0.2, -0.15) is 8.78 Å². The number of anilines is 2. The fraction of sp³-hybridized carbons (Fsp3) is 0.158. The van der Waals surface area contributed by atoms with Gasteiger partial charge in [-0.1, -0.05) is 17.8 Å². The van der Waals surface area contributed by atoms with Crippen molar-refractivity contribution in [1.29, 1.82) is 0 Å². The highest BCUT2D eigenvalue weighted by atomic mass is 32.2. The van der Waals surface area contributed by atoms with E-state index in [4.69, 9.17) is 0 Å². The summed E-state index contributed by atoms with van der Waals surface area (Å²) in [7, 11) is -3.97. The number of amides is 1. The zero-order valence-electron chi connectivity index (χ0n) is 15.8. The number of nitrogens with zero attached hydrogens (tertiary/aromatic N) is 1. The third-order valence-corrected chi connectivity index (χ3v) is 6.94. The number of thiazole rings is 1. The predicted molar refractivity (Wildman–Crippen MR) is 115 cm³/mol. The van der Waals surface area contributed by atoms with Crippen LogP contribution in [0.25, 0.3) is 0 Å². The Hall–Kier alpha value is -2.50. The van der Waals surface area contributed by atoms with Crippen LogP contribution in [0.15, 0.2) is 57.6 Å². The monoisotopic (exact) mass is 469 g/mol. The quantitative estimate of drug-likeness (QED) is 0.469. The van der Waals surface area contributed by atoms with Crippen LogP contribution >= 0.6 is 23.1 Å². The molecule has 0 spiro atoms. The predicted octanol–water partition coefficient (Wildman–Crippen LogP) is 5.13. The van der Waals surface area contributed by atoms with E-state index < -0.39 is 21.7 Å². The topological polar surface area (TPSA) is 88.2 Å². The summed E-state index contributed by atoms with van der Waals surface area (Å²) in [6, 6.07) is 10.2. The lowest BCUT2D eigenvalue weighted by Gasteiger charge is -2.13. The second-order valence-corrected chi connectivity index (χ2v) is 9.97. The number of aryl methyl sites for hydroxylation is 2. The van der Waals surface area contributed by atoms with Gasteiger partial charge in [-0.3, -0.25) is 9.52 Å². The number of sulfonamides is 1. The maximum absolute atomic E-state index is 12.8. The molecule has 0 aliphatic rings. The summed E-state index contributed by atoms with van der Waals surface area (Å²) in [6.45, 7) is 3.41. The fourth-order valence-electron chi connectivity index (χ4n) is 2.54. The highest BCUT2D eigenvalue weighted by Gasteiger charge is 2.19. The second kappa shape index (κ2) is 9.11. The number of benzene rings is 2. The van der Waals surface area contributed by atoms with Crippen molar-refractivity contribution in [1.82, 2.24) is 4.98 Å². The molecule has 3 rings (SSSR count). The highest BCUT2D eigenvalue weighted by Crippen LogP contribution is 2.28. The van der Waals surface area contributed by atoms with Crippen molar-refractivity contribution in [2.45, 2.75) is 29.4 Å². The molecule has 1 heterocycles. The van der Waals surface area contributed by atoms with Gasteiger partial charge in [0.15, 0.2) is 0 Å². The molecule has 0 atom stereocenters. The smallest absolute Gasteiger partial charge is 0.288 e. The Balaban J connectivity index is 1.79. The third-order valence-electron chi connectivity index (χ3n) is 3.92. The Morgan fingerprint density at radius 3 is 2.37 bits per heavy atom. The van der Waals surface area contributed by atoms with Gasteiger partial charge in [0.05, 0.1) is 9.90 Å². The Labute approximate surface area is 180 Å². The molecule has 158 valence electrons. The van der Waals surface area contributed by atoms with Gasteiger partial charge in [0, 0.05) is 21.7 Å². The van der Waals surface area contributed by atoms with E-state index in [0.717, 1.165) is 5.01 Å². The molecule has 0 saturated carbocycles. The molecule has 0 aliphatic carbocycles. The van der Waals surface area contributed by atoms with Crippen LogP contribution < -0.4 is 10.0 Å². The van der Waals surface area contributed by atoms with Gasteiger partial charge in [0.2, 0.25) is 0 Å². The van der Waals surface area contributed by atoms with Crippen LogP contribution in [-0.4, -0.2) is 25.1 Å². The first-order valence-corrected chi connectivity index (χ1v) is 11.8. The molecular formula is C19H17F2N3O3S3. The molecule has 0 radical (unpaired) electrons. The van der Waals surface area contributed by atoms with Crippen LogP contribution in [0.3, 0.4) is 0 Å². The van der Waals surface area contributed by atoms with Gasteiger partial charge in [-0.05, 0) is 55.8 Å². The molecule has 0 saturated heterocycles. The number of nitrogens with one attached hydrogen (secondary N) is 2. The number of carbonyl (C=O) groups is 1. The fourth-order valence-corrected chi connectivity index (χ4v) is 4.97. The van der Waals surface area contributed by atoms with E-state index in [2.05, 4.69) is 15.0 Å². The lowest BCUT2D eigenvalue weighted by Crippen LogP contribution is -2.16. The second-order valence-electron chi connectivity index (χ2n) is 6.19. The summed E-state index contributed by atoms with van der Waals surface area (Å²) in [5, 5.41) is 5.00. The average molecular weight is 470 g/mol. The summed E-state index contributed by atoms with van der Waals surface area (Å²) in [6.07, 6.45) is 0. The largest absolute Gasteiger partial charge is 0.321 e. The van der Waals surface area contributed by atoms with Gasteiger partial charge in [0.25, 0.3) is 21.7 Å². The third kappa shape index (κ3) is 5.55. The number of halogens is 2. The first-order valence-electron chi connectivity index (χ1n) is 8.56. The minimum atomic E-state index is -3.97. The van der Waals surface area contributed by atoms with Crippen molar-refractivity contribution in [2.75, 3.05) is 10.0 Å². The molecule has 2 N–H and O–H groups in total. The maximum Gasteiger partial charge on any atom is 0.288 e. The zero-order chi connectivity index (χ0) is 21.9. The Morgan fingerprint density at radius 1 is 1.10 bits per heavy atom. The number of aromatic nitrogens is 1. The molecule has 0 unspecified atom stereocenters. The van der Waals surface area contributed by atoms with Gasteiger partial charge in [0.1, 0.15) is 5.69 Å². The normalized spacial score (nSPS) is 11.5. The molecule has 11 heteroatoms. The van der Waals surface area contributed by atoms with Crippen LogP contribution in [-0.2, 0) is 10.0 Å². The summed E-state index contributed by atoms with van der Waals surface area (Å²) >= 11 is 1.71. The summed E-state index contributed by atoms with van der Waals surface area (Å²) in [4.78, 5) is 16.7. The van der Waals surface area contributed by atoms with Crippen molar-refractivity contribution in [3.05, 3.63) is 64.1 Å². The molecule has 0 aliphatic heterocycles. The first kappa shape index (κ1) is 22.2. The van der Waals surface area contributed by atoms with E-state index in [-0.39, 0.29) is 16.3 Å². The molecular weight excluding hydrogens is 452 g/mol. The standard InChI is InChI=1S/C19H17F2N3O3S3/c1-11-3-4-14(23-18(25)16-10-28-12(2)22-16)9-17(11)30(26,27)24-13-5-7-15(8-6-13)29-19(20)21/h3-10,19,24H,1-2H3,(H,23,25).